The molecule has 1 heterocycles. The van der Waals surface area contributed by atoms with E-state index < -0.39 is 5.41 Å². The maximum atomic E-state index is 13.2. The minimum atomic E-state index is -0.566. The molecule has 0 saturated carbocycles. The van der Waals surface area contributed by atoms with E-state index in [1.165, 1.54) is 5.56 Å². The Kier molecular flexibility index (Phi) is 7.21. The Labute approximate surface area is 185 Å². The standard InChI is InChI=1S/C25H33N3O3/c1-18-5-9-20(10-6-18)25(2,3)23(29)28-15-13-21(14-16-28)27-24(30)26-17-19-7-11-22(31-4)12-8-19/h5-12,21H,13-17H2,1-4H3,(H2,26,27,30). The van der Waals surface area contributed by atoms with Crippen molar-refractivity contribution in [2.24, 2.45) is 0 Å². The van der Waals surface area contributed by atoms with Crippen molar-refractivity contribution in [2.45, 2.75) is 51.6 Å². The number of carbonyl (C=O) groups excluding carboxylic acids is 2. The van der Waals surface area contributed by atoms with Crippen LogP contribution in [0.3, 0.4) is 0 Å². The van der Waals surface area contributed by atoms with Crippen LogP contribution < -0.4 is 15.4 Å². The molecule has 6 nitrogen and oxygen atoms in total. The van der Waals surface area contributed by atoms with Crippen LogP contribution in [0.15, 0.2) is 48.5 Å². The van der Waals surface area contributed by atoms with Gasteiger partial charge in [0, 0.05) is 25.7 Å². The summed E-state index contributed by atoms with van der Waals surface area (Å²) < 4.78 is 5.14. The molecule has 0 radical (unpaired) electrons. The molecule has 1 fully saturated rings. The van der Waals surface area contributed by atoms with Crippen LogP contribution in [0.5, 0.6) is 5.75 Å². The van der Waals surface area contributed by atoms with Crippen molar-refractivity contribution in [1.82, 2.24) is 15.5 Å². The van der Waals surface area contributed by atoms with Gasteiger partial charge in [0.2, 0.25) is 5.91 Å². The van der Waals surface area contributed by atoms with Gasteiger partial charge in [-0.3, -0.25) is 4.79 Å². The Morgan fingerprint density at radius 2 is 1.65 bits per heavy atom. The molecule has 0 aliphatic carbocycles. The van der Waals surface area contributed by atoms with E-state index in [4.69, 9.17) is 4.74 Å². The highest BCUT2D eigenvalue weighted by Crippen LogP contribution is 2.27. The number of carbonyl (C=O) groups is 2. The van der Waals surface area contributed by atoms with E-state index in [0.29, 0.717) is 19.6 Å². The zero-order valence-corrected chi connectivity index (χ0v) is 18.9. The molecule has 1 saturated heterocycles. The number of hydrogen-bond donors (Lipinski definition) is 2. The first-order valence-corrected chi connectivity index (χ1v) is 10.8. The van der Waals surface area contributed by atoms with Crippen LogP contribution in [0.4, 0.5) is 4.79 Å². The first-order chi connectivity index (χ1) is 14.8. The molecule has 0 bridgehead atoms. The molecule has 3 rings (SSSR count). The lowest BCUT2D eigenvalue weighted by Gasteiger charge is -2.37. The fourth-order valence-corrected chi connectivity index (χ4v) is 3.88. The van der Waals surface area contributed by atoms with Gasteiger partial charge in [0.05, 0.1) is 12.5 Å². The van der Waals surface area contributed by atoms with Crippen molar-refractivity contribution in [3.8, 4) is 5.75 Å². The summed E-state index contributed by atoms with van der Waals surface area (Å²) in [5, 5.41) is 5.93. The van der Waals surface area contributed by atoms with Crippen molar-refractivity contribution < 1.29 is 14.3 Å². The molecule has 0 spiro atoms. The number of rotatable bonds is 6. The molecule has 3 amide bonds. The molecular formula is C25H33N3O3. The summed E-state index contributed by atoms with van der Waals surface area (Å²) in [6, 6.07) is 15.7. The number of hydrogen-bond acceptors (Lipinski definition) is 3. The zero-order valence-electron chi connectivity index (χ0n) is 18.9. The number of urea groups is 1. The Morgan fingerprint density at radius 3 is 2.23 bits per heavy atom. The van der Waals surface area contributed by atoms with E-state index >= 15 is 0 Å². The van der Waals surface area contributed by atoms with Gasteiger partial charge in [0.1, 0.15) is 5.75 Å². The normalized spacial score (nSPS) is 14.8. The maximum absolute atomic E-state index is 13.2. The number of likely N-dealkylation sites (tertiary alicyclic amines) is 1. The fraction of sp³-hybridized carbons (Fsp3) is 0.440. The van der Waals surface area contributed by atoms with E-state index in [9.17, 15) is 9.59 Å². The van der Waals surface area contributed by atoms with Gasteiger partial charge in [-0.05, 0) is 56.9 Å². The quantitative estimate of drug-likeness (QED) is 0.743. The van der Waals surface area contributed by atoms with Gasteiger partial charge < -0.3 is 20.3 Å². The molecule has 1 aliphatic heterocycles. The molecule has 1 aliphatic rings. The topological polar surface area (TPSA) is 70.7 Å². The lowest BCUT2D eigenvalue weighted by atomic mass is 9.82. The molecule has 6 heteroatoms. The van der Waals surface area contributed by atoms with Gasteiger partial charge in [-0.25, -0.2) is 4.79 Å². The van der Waals surface area contributed by atoms with Gasteiger partial charge >= 0.3 is 6.03 Å². The Morgan fingerprint density at radius 1 is 1.03 bits per heavy atom. The third-order valence-electron chi connectivity index (χ3n) is 6.04. The molecule has 2 aromatic rings. The molecule has 2 aromatic carbocycles. The monoisotopic (exact) mass is 423 g/mol. The van der Waals surface area contributed by atoms with E-state index in [1.54, 1.807) is 7.11 Å². The van der Waals surface area contributed by atoms with Crippen molar-refractivity contribution in [3.05, 3.63) is 65.2 Å². The van der Waals surface area contributed by atoms with Gasteiger partial charge in [-0.1, -0.05) is 42.0 Å². The van der Waals surface area contributed by atoms with Crippen LogP contribution in [0, 0.1) is 6.92 Å². The minimum Gasteiger partial charge on any atom is -0.497 e. The summed E-state index contributed by atoms with van der Waals surface area (Å²) in [4.78, 5) is 27.3. The fourth-order valence-electron chi connectivity index (χ4n) is 3.88. The second-order valence-electron chi connectivity index (χ2n) is 8.73. The average molecular weight is 424 g/mol. The van der Waals surface area contributed by atoms with Crippen molar-refractivity contribution in [3.63, 3.8) is 0 Å². The highest BCUT2D eigenvalue weighted by Gasteiger charge is 2.35. The third kappa shape index (κ3) is 5.78. The van der Waals surface area contributed by atoms with Crippen LogP contribution >= 0.6 is 0 Å². The summed E-state index contributed by atoms with van der Waals surface area (Å²) >= 11 is 0. The highest BCUT2D eigenvalue weighted by molar-refractivity contribution is 5.87. The smallest absolute Gasteiger partial charge is 0.315 e. The second-order valence-corrected chi connectivity index (χ2v) is 8.73. The SMILES string of the molecule is COc1ccc(CNC(=O)NC2CCN(C(=O)C(C)(C)c3ccc(C)cc3)CC2)cc1. The van der Waals surface area contributed by atoms with Gasteiger partial charge in [0.25, 0.3) is 0 Å². The van der Waals surface area contributed by atoms with Gasteiger partial charge in [-0.15, -0.1) is 0 Å². The number of benzene rings is 2. The van der Waals surface area contributed by atoms with Crippen molar-refractivity contribution >= 4 is 11.9 Å². The van der Waals surface area contributed by atoms with E-state index in [1.807, 2.05) is 74.2 Å². The number of piperidine rings is 1. The lowest BCUT2D eigenvalue weighted by molar-refractivity contribution is -0.137. The van der Waals surface area contributed by atoms with E-state index in [2.05, 4.69) is 10.6 Å². The number of amides is 3. The van der Waals surface area contributed by atoms with Gasteiger partial charge in [0.15, 0.2) is 0 Å². The molecular weight excluding hydrogens is 390 g/mol. The summed E-state index contributed by atoms with van der Waals surface area (Å²) in [6.45, 7) is 7.77. The summed E-state index contributed by atoms with van der Waals surface area (Å²) in [5.74, 6) is 0.929. The Hall–Kier alpha value is -3.02. The second kappa shape index (κ2) is 9.86. The molecule has 2 N–H and O–H groups in total. The van der Waals surface area contributed by atoms with E-state index in [0.717, 1.165) is 29.7 Å². The van der Waals surface area contributed by atoms with Crippen LogP contribution in [-0.2, 0) is 16.8 Å². The molecule has 0 atom stereocenters. The zero-order chi connectivity index (χ0) is 22.4. The highest BCUT2D eigenvalue weighted by atomic mass is 16.5. The largest absolute Gasteiger partial charge is 0.497 e. The van der Waals surface area contributed by atoms with Crippen LogP contribution in [0.25, 0.3) is 0 Å². The first kappa shape index (κ1) is 22.7. The van der Waals surface area contributed by atoms with Crippen LogP contribution in [0.2, 0.25) is 0 Å². The predicted octanol–water partition coefficient (Wildman–Crippen LogP) is 3.77. The maximum Gasteiger partial charge on any atom is 0.315 e. The predicted molar refractivity (Wildman–Crippen MR) is 122 cm³/mol. The number of methoxy groups -OCH3 is 1. The number of nitrogens with zero attached hydrogens (tertiary/aromatic N) is 1. The van der Waals surface area contributed by atoms with Crippen LogP contribution in [0.1, 0.15) is 43.4 Å². The molecule has 0 aromatic heterocycles. The van der Waals surface area contributed by atoms with Crippen molar-refractivity contribution in [2.75, 3.05) is 20.2 Å². The first-order valence-electron chi connectivity index (χ1n) is 10.8. The minimum absolute atomic E-state index is 0.0717. The molecule has 166 valence electrons. The third-order valence-corrected chi connectivity index (χ3v) is 6.04. The Balaban J connectivity index is 1.45. The van der Waals surface area contributed by atoms with Crippen molar-refractivity contribution in [1.29, 1.82) is 0 Å². The van der Waals surface area contributed by atoms with Crippen LogP contribution in [-0.4, -0.2) is 43.1 Å². The van der Waals surface area contributed by atoms with E-state index in [-0.39, 0.29) is 18.0 Å². The lowest BCUT2D eigenvalue weighted by Crippen LogP contribution is -2.52. The molecule has 0 unspecified atom stereocenters. The van der Waals surface area contributed by atoms with Gasteiger partial charge in [-0.2, -0.15) is 0 Å². The molecule has 31 heavy (non-hydrogen) atoms. The summed E-state index contributed by atoms with van der Waals surface area (Å²) in [6.07, 6.45) is 1.51. The number of aryl methyl sites for hydroxylation is 1. The summed E-state index contributed by atoms with van der Waals surface area (Å²) in [7, 11) is 1.63. The average Bonchev–Trinajstić information content (AvgIpc) is 2.78. The number of ether oxygens (including phenoxy) is 1. The Bertz CT molecular complexity index is 883. The summed E-state index contributed by atoms with van der Waals surface area (Å²) in [5.41, 5.74) is 2.66. The number of nitrogens with one attached hydrogen (secondary N) is 2.